The van der Waals surface area contributed by atoms with E-state index in [-0.39, 0.29) is 11.7 Å². The molecule has 1 N–H and O–H groups in total. The minimum atomic E-state index is -0.0528. The Hall–Kier alpha value is -1.51. The van der Waals surface area contributed by atoms with Gasteiger partial charge in [0.05, 0.1) is 5.56 Å². The number of nitrogens with zero attached hydrogens (tertiary/aromatic N) is 1. The zero-order valence-corrected chi connectivity index (χ0v) is 11.4. The van der Waals surface area contributed by atoms with E-state index in [1.165, 1.54) is 0 Å². The van der Waals surface area contributed by atoms with E-state index in [4.69, 9.17) is 0 Å². The molecule has 0 atom stereocenters. The number of likely N-dealkylation sites (tertiary alicyclic amines) is 1. The van der Waals surface area contributed by atoms with Crippen molar-refractivity contribution in [3.05, 3.63) is 29.3 Å². The van der Waals surface area contributed by atoms with Crippen LogP contribution in [0.25, 0.3) is 0 Å². The summed E-state index contributed by atoms with van der Waals surface area (Å²) in [6.07, 6.45) is 2.04. The Morgan fingerprint density at radius 3 is 2.44 bits per heavy atom. The number of rotatable bonds is 1. The molecule has 0 spiro atoms. The molecule has 0 bridgehead atoms. The minimum Gasteiger partial charge on any atom is -0.507 e. The van der Waals surface area contributed by atoms with E-state index in [9.17, 15) is 9.90 Å². The van der Waals surface area contributed by atoms with Crippen LogP contribution >= 0.6 is 0 Å². The Bertz CT molecular complexity index is 456. The fourth-order valence-electron chi connectivity index (χ4n) is 2.31. The lowest BCUT2D eigenvalue weighted by Crippen LogP contribution is -2.41. The number of aryl methyl sites for hydroxylation is 1. The summed E-state index contributed by atoms with van der Waals surface area (Å²) in [6.45, 7) is 7.92. The highest BCUT2D eigenvalue weighted by atomic mass is 16.3. The van der Waals surface area contributed by atoms with Crippen LogP contribution in [-0.4, -0.2) is 29.0 Å². The number of hydrogen-bond donors (Lipinski definition) is 1. The third kappa shape index (κ3) is 2.66. The molecule has 1 fully saturated rings. The summed E-state index contributed by atoms with van der Waals surface area (Å²) >= 11 is 0. The van der Waals surface area contributed by atoms with Gasteiger partial charge in [0.1, 0.15) is 5.75 Å². The smallest absolute Gasteiger partial charge is 0.257 e. The second kappa shape index (κ2) is 4.63. The van der Waals surface area contributed by atoms with Crippen molar-refractivity contribution < 1.29 is 9.90 Å². The molecule has 0 unspecified atom stereocenters. The van der Waals surface area contributed by atoms with E-state index in [2.05, 4.69) is 13.8 Å². The Labute approximate surface area is 108 Å². The van der Waals surface area contributed by atoms with Crippen molar-refractivity contribution in [1.82, 2.24) is 4.90 Å². The standard InChI is InChI=1S/C15H21NO2/c1-11-4-5-12(13(17)10-11)14(18)16-8-6-15(2,3)7-9-16/h4-5,10,17H,6-9H2,1-3H3. The van der Waals surface area contributed by atoms with Crippen LogP contribution in [0.5, 0.6) is 5.75 Å². The fraction of sp³-hybridized carbons (Fsp3) is 0.533. The highest BCUT2D eigenvalue weighted by Gasteiger charge is 2.29. The van der Waals surface area contributed by atoms with Crippen LogP contribution in [0, 0.1) is 12.3 Å². The molecule has 1 saturated heterocycles. The highest BCUT2D eigenvalue weighted by Crippen LogP contribution is 2.31. The maximum Gasteiger partial charge on any atom is 0.257 e. The molecule has 1 aliphatic rings. The number of piperidine rings is 1. The summed E-state index contributed by atoms with van der Waals surface area (Å²) in [4.78, 5) is 14.2. The van der Waals surface area contributed by atoms with Gasteiger partial charge in [-0.25, -0.2) is 0 Å². The molecule has 2 rings (SSSR count). The number of carbonyl (C=O) groups excluding carboxylic acids is 1. The fourth-order valence-corrected chi connectivity index (χ4v) is 2.31. The van der Waals surface area contributed by atoms with Crippen molar-refractivity contribution in [2.45, 2.75) is 33.6 Å². The maximum absolute atomic E-state index is 12.3. The molecule has 1 aromatic rings. The molecule has 18 heavy (non-hydrogen) atoms. The molecular formula is C15H21NO2. The second-order valence-electron chi connectivity index (χ2n) is 5.98. The number of benzene rings is 1. The molecule has 3 heteroatoms. The zero-order valence-electron chi connectivity index (χ0n) is 11.4. The van der Waals surface area contributed by atoms with E-state index < -0.39 is 0 Å². The van der Waals surface area contributed by atoms with Gasteiger partial charge < -0.3 is 10.0 Å². The van der Waals surface area contributed by atoms with Crippen molar-refractivity contribution in [3.63, 3.8) is 0 Å². The van der Waals surface area contributed by atoms with Gasteiger partial charge in [0, 0.05) is 13.1 Å². The van der Waals surface area contributed by atoms with Gasteiger partial charge in [-0.15, -0.1) is 0 Å². The molecule has 1 heterocycles. The number of phenolic OH excluding ortho intramolecular Hbond substituents is 1. The first kappa shape index (κ1) is 12.9. The largest absolute Gasteiger partial charge is 0.507 e. The molecule has 0 radical (unpaired) electrons. The van der Waals surface area contributed by atoms with Crippen molar-refractivity contribution in [1.29, 1.82) is 0 Å². The molecule has 1 aromatic carbocycles. The predicted molar refractivity (Wildman–Crippen MR) is 71.8 cm³/mol. The molecule has 0 aliphatic carbocycles. The summed E-state index contributed by atoms with van der Waals surface area (Å²) in [5.74, 6) is 0.0350. The second-order valence-corrected chi connectivity index (χ2v) is 5.98. The maximum atomic E-state index is 12.3. The van der Waals surface area contributed by atoms with Gasteiger partial charge in [0.2, 0.25) is 0 Å². The third-order valence-electron chi connectivity index (χ3n) is 3.79. The van der Waals surface area contributed by atoms with Crippen LogP contribution in [0.15, 0.2) is 18.2 Å². The monoisotopic (exact) mass is 247 g/mol. The molecule has 0 saturated carbocycles. The lowest BCUT2D eigenvalue weighted by molar-refractivity contribution is 0.0627. The zero-order chi connectivity index (χ0) is 13.3. The number of aromatic hydroxyl groups is 1. The minimum absolute atomic E-state index is 0.0528. The molecular weight excluding hydrogens is 226 g/mol. The van der Waals surface area contributed by atoms with Crippen LogP contribution < -0.4 is 0 Å². The van der Waals surface area contributed by atoms with Gasteiger partial charge in [-0.3, -0.25) is 4.79 Å². The van der Waals surface area contributed by atoms with Gasteiger partial charge in [0.25, 0.3) is 5.91 Å². The number of carbonyl (C=O) groups is 1. The number of phenols is 1. The molecule has 3 nitrogen and oxygen atoms in total. The van der Waals surface area contributed by atoms with Crippen molar-refractivity contribution in [3.8, 4) is 5.75 Å². The van der Waals surface area contributed by atoms with E-state index in [0.29, 0.717) is 11.0 Å². The Balaban J connectivity index is 2.13. The molecule has 98 valence electrons. The molecule has 1 amide bonds. The summed E-state index contributed by atoms with van der Waals surface area (Å²) < 4.78 is 0. The topological polar surface area (TPSA) is 40.5 Å². The first-order valence-electron chi connectivity index (χ1n) is 6.48. The van der Waals surface area contributed by atoms with E-state index in [1.807, 2.05) is 17.9 Å². The van der Waals surface area contributed by atoms with Crippen molar-refractivity contribution in [2.75, 3.05) is 13.1 Å². The van der Waals surface area contributed by atoms with Crippen LogP contribution in [-0.2, 0) is 0 Å². The molecule has 0 aromatic heterocycles. The normalized spacial score (nSPS) is 18.7. The number of hydrogen-bond acceptors (Lipinski definition) is 2. The van der Waals surface area contributed by atoms with Gasteiger partial charge in [-0.1, -0.05) is 19.9 Å². The Morgan fingerprint density at radius 1 is 1.28 bits per heavy atom. The quantitative estimate of drug-likeness (QED) is 0.828. The summed E-state index contributed by atoms with van der Waals surface area (Å²) in [7, 11) is 0. The summed E-state index contributed by atoms with van der Waals surface area (Å²) in [6, 6.07) is 5.22. The average molecular weight is 247 g/mol. The van der Waals surface area contributed by atoms with Gasteiger partial charge in [-0.05, 0) is 42.9 Å². The van der Waals surface area contributed by atoms with Gasteiger partial charge in [-0.2, -0.15) is 0 Å². The van der Waals surface area contributed by atoms with Crippen molar-refractivity contribution >= 4 is 5.91 Å². The Morgan fingerprint density at radius 2 is 1.89 bits per heavy atom. The van der Waals surface area contributed by atoms with Crippen LogP contribution in [0.2, 0.25) is 0 Å². The van der Waals surface area contributed by atoms with Crippen LogP contribution in [0.4, 0.5) is 0 Å². The third-order valence-corrected chi connectivity index (χ3v) is 3.79. The number of amides is 1. The average Bonchev–Trinajstić information content (AvgIpc) is 2.28. The van der Waals surface area contributed by atoms with E-state index in [1.54, 1.807) is 12.1 Å². The summed E-state index contributed by atoms with van der Waals surface area (Å²) in [5, 5.41) is 9.85. The van der Waals surface area contributed by atoms with Crippen molar-refractivity contribution in [2.24, 2.45) is 5.41 Å². The van der Waals surface area contributed by atoms with Gasteiger partial charge >= 0.3 is 0 Å². The lowest BCUT2D eigenvalue weighted by atomic mass is 9.82. The van der Waals surface area contributed by atoms with E-state index >= 15 is 0 Å². The lowest BCUT2D eigenvalue weighted by Gasteiger charge is -2.37. The van der Waals surface area contributed by atoms with E-state index in [0.717, 1.165) is 31.5 Å². The van der Waals surface area contributed by atoms with Gasteiger partial charge in [0.15, 0.2) is 0 Å². The Kier molecular flexibility index (Phi) is 3.33. The van der Waals surface area contributed by atoms with Crippen LogP contribution in [0.3, 0.4) is 0 Å². The SMILES string of the molecule is Cc1ccc(C(=O)N2CCC(C)(C)CC2)c(O)c1. The summed E-state index contributed by atoms with van der Waals surface area (Å²) in [5.41, 5.74) is 1.70. The molecule has 1 aliphatic heterocycles. The highest BCUT2D eigenvalue weighted by molar-refractivity contribution is 5.97. The van der Waals surface area contributed by atoms with Crippen LogP contribution in [0.1, 0.15) is 42.6 Å². The first-order valence-corrected chi connectivity index (χ1v) is 6.48. The first-order chi connectivity index (χ1) is 8.39. The predicted octanol–water partition coefficient (Wildman–Crippen LogP) is 2.96.